The van der Waals surface area contributed by atoms with E-state index in [1.807, 2.05) is 30.3 Å². The maximum atomic E-state index is 12.4. The molecule has 3 N–H and O–H groups in total. The van der Waals surface area contributed by atoms with Gasteiger partial charge in [-0.2, -0.15) is 5.26 Å². The molecule has 1 saturated heterocycles. The summed E-state index contributed by atoms with van der Waals surface area (Å²) in [7, 11) is 0. The van der Waals surface area contributed by atoms with Gasteiger partial charge in [-0.15, -0.1) is 0 Å². The monoisotopic (exact) mass is 388 g/mol. The van der Waals surface area contributed by atoms with Gasteiger partial charge in [-0.1, -0.05) is 36.4 Å². The number of primary amides is 1. The van der Waals surface area contributed by atoms with Crippen molar-refractivity contribution in [2.45, 2.75) is 19.4 Å². The molecule has 1 fully saturated rings. The Kier molecular flexibility index (Phi) is 6.77. The fourth-order valence-electron chi connectivity index (χ4n) is 3.54. The lowest BCUT2D eigenvalue weighted by Crippen LogP contribution is -2.40. The number of nitrogens with one attached hydrogen (secondary N) is 1. The minimum absolute atomic E-state index is 0.117. The fourth-order valence-corrected chi connectivity index (χ4v) is 3.54. The van der Waals surface area contributed by atoms with Crippen LogP contribution >= 0.6 is 0 Å². The molecule has 0 spiro atoms. The summed E-state index contributed by atoms with van der Waals surface area (Å²) in [4.78, 5) is 26.1. The van der Waals surface area contributed by atoms with Crippen molar-refractivity contribution in [3.63, 3.8) is 0 Å². The van der Waals surface area contributed by atoms with Crippen molar-refractivity contribution >= 4 is 23.6 Å². The summed E-state index contributed by atoms with van der Waals surface area (Å²) >= 11 is 0. The number of hydrogen-bond acceptors (Lipinski definition) is 4. The molecular weight excluding hydrogens is 364 g/mol. The molecule has 0 aliphatic carbocycles. The van der Waals surface area contributed by atoms with E-state index in [1.54, 1.807) is 24.3 Å². The molecule has 29 heavy (non-hydrogen) atoms. The van der Waals surface area contributed by atoms with E-state index in [0.29, 0.717) is 24.2 Å². The molecule has 1 aliphatic rings. The highest BCUT2D eigenvalue weighted by Crippen LogP contribution is 2.22. The standard InChI is InChI=1S/C23H24N4O2/c24-14-18-7-2-1-6-17(18)11-12-22(28)26-21-10-4-3-8-19(21)15-27-13-5-9-20(16-27)23(25)29/h1-4,6-8,10-12,20H,5,9,13,15-16H2,(H2,25,29)(H,26,28)/b12-11+. The lowest BCUT2D eigenvalue weighted by molar-refractivity contribution is -0.123. The van der Waals surface area contributed by atoms with E-state index in [0.717, 1.165) is 30.6 Å². The van der Waals surface area contributed by atoms with Gasteiger partial charge in [-0.25, -0.2) is 0 Å². The Bertz CT molecular complexity index is 961. The van der Waals surface area contributed by atoms with Gasteiger partial charge in [0.1, 0.15) is 0 Å². The highest BCUT2D eigenvalue weighted by molar-refractivity contribution is 6.02. The summed E-state index contributed by atoms with van der Waals surface area (Å²) < 4.78 is 0. The Balaban J connectivity index is 1.67. The molecule has 3 rings (SSSR count). The second kappa shape index (κ2) is 9.67. The first-order chi connectivity index (χ1) is 14.1. The number of amides is 2. The maximum Gasteiger partial charge on any atom is 0.248 e. The van der Waals surface area contributed by atoms with E-state index in [-0.39, 0.29) is 17.7 Å². The van der Waals surface area contributed by atoms with Gasteiger partial charge < -0.3 is 11.1 Å². The van der Waals surface area contributed by atoms with Crippen molar-refractivity contribution in [3.8, 4) is 6.07 Å². The number of piperidine rings is 1. The first kappa shape index (κ1) is 20.3. The predicted molar refractivity (Wildman–Crippen MR) is 112 cm³/mol. The molecule has 0 bridgehead atoms. The average molecular weight is 388 g/mol. The van der Waals surface area contributed by atoms with Crippen LogP contribution < -0.4 is 11.1 Å². The largest absolute Gasteiger partial charge is 0.369 e. The van der Waals surface area contributed by atoms with Crippen molar-refractivity contribution in [1.29, 1.82) is 5.26 Å². The van der Waals surface area contributed by atoms with Gasteiger partial charge in [-0.3, -0.25) is 14.5 Å². The molecule has 6 nitrogen and oxygen atoms in total. The molecular formula is C23H24N4O2. The first-order valence-corrected chi connectivity index (χ1v) is 9.64. The summed E-state index contributed by atoms with van der Waals surface area (Å²) in [6.45, 7) is 2.18. The Morgan fingerprint density at radius 3 is 2.76 bits per heavy atom. The van der Waals surface area contributed by atoms with Crippen LogP contribution in [0.3, 0.4) is 0 Å². The Morgan fingerprint density at radius 1 is 1.21 bits per heavy atom. The van der Waals surface area contributed by atoms with Gasteiger partial charge in [0, 0.05) is 24.9 Å². The van der Waals surface area contributed by atoms with Crippen LogP contribution in [0.5, 0.6) is 0 Å². The summed E-state index contributed by atoms with van der Waals surface area (Å²) in [5, 5.41) is 12.1. The normalized spacial score (nSPS) is 17.0. The number of nitrogens with two attached hydrogens (primary N) is 1. The lowest BCUT2D eigenvalue weighted by atomic mass is 9.97. The summed E-state index contributed by atoms with van der Waals surface area (Å²) in [6, 6.07) is 16.9. The van der Waals surface area contributed by atoms with Crippen LogP contribution in [-0.2, 0) is 16.1 Å². The summed E-state index contributed by atoms with van der Waals surface area (Å²) in [5.74, 6) is -0.633. The predicted octanol–water partition coefficient (Wildman–Crippen LogP) is 2.91. The molecule has 148 valence electrons. The molecule has 2 aromatic carbocycles. The minimum Gasteiger partial charge on any atom is -0.369 e. The van der Waals surface area contributed by atoms with Crippen molar-refractivity contribution in [2.75, 3.05) is 18.4 Å². The second-order valence-electron chi connectivity index (χ2n) is 7.16. The quantitative estimate of drug-likeness (QED) is 0.743. The maximum absolute atomic E-state index is 12.4. The lowest BCUT2D eigenvalue weighted by Gasteiger charge is -2.31. The topological polar surface area (TPSA) is 99.2 Å². The zero-order chi connectivity index (χ0) is 20.6. The molecule has 1 heterocycles. The van der Waals surface area contributed by atoms with Crippen molar-refractivity contribution in [1.82, 2.24) is 4.90 Å². The molecule has 1 unspecified atom stereocenters. The number of likely N-dealkylation sites (tertiary alicyclic amines) is 1. The molecule has 2 aromatic rings. The van der Waals surface area contributed by atoms with Crippen LogP contribution in [0.25, 0.3) is 6.08 Å². The zero-order valence-corrected chi connectivity index (χ0v) is 16.2. The highest BCUT2D eigenvalue weighted by Gasteiger charge is 2.24. The van der Waals surface area contributed by atoms with Crippen molar-refractivity contribution in [3.05, 3.63) is 71.3 Å². The minimum atomic E-state index is -0.265. The average Bonchev–Trinajstić information content (AvgIpc) is 2.74. The number of benzene rings is 2. The SMILES string of the molecule is N#Cc1ccccc1/C=C/C(=O)Nc1ccccc1CN1CCCC(C(N)=O)C1. The van der Waals surface area contributed by atoms with Crippen molar-refractivity contribution in [2.24, 2.45) is 11.7 Å². The van der Waals surface area contributed by atoms with Crippen LogP contribution in [0.1, 0.15) is 29.5 Å². The third kappa shape index (κ3) is 5.53. The van der Waals surface area contributed by atoms with E-state index in [1.165, 1.54) is 6.08 Å². The summed E-state index contributed by atoms with van der Waals surface area (Å²) in [6.07, 6.45) is 4.83. The van der Waals surface area contributed by atoms with Gasteiger partial charge in [-0.05, 0) is 48.7 Å². The van der Waals surface area contributed by atoms with Gasteiger partial charge in [0.25, 0.3) is 0 Å². The molecule has 6 heteroatoms. The molecule has 0 saturated carbocycles. The van der Waals surface area contributed by atoms with E-state index in [9.17, 15) is 9.59 Å². The molecule has 0 aromatic heterocycles. The second-order valence-corrected chi connectivity index (χ2v) is 7.16. The van der Waals surface area contributed by atoms with Crippen LogP contribution in [0.4, 0.5) is 5.69 Å². The van der Waals surface area contributed by atoms with E-state index < -0.39 is 0 Å². The van der Waals surface area contributed by atoms with E-state index in [4.69, 9.17) is 11.0 Å². The number of carbonyl (C=O) groups excluding carboxylic acids is 2. The van der Waals surface area contributed by atoms with Crippen molar-refractivity contribution < 1.29 is 9.59 Å². The number of para-hydroxylation sites is 1. The van der Waals surface area contributed by atoms with Gasteiger partial charge >= 0.3 is 0 Å². The Labute approximate surface area is 170 Å². The Morgan fingerprint density at radius 2 is 1.97 bits per heavy atom. The smallest absolute Gasteiger partial charge is 0.248 e. The number of rotatable bonds is 6. The van der Waals surface area contributed by atoms with Gasteiger partial charge in [0.15, 0.2) is 0 Å². The number of anilines is 1. The first-order valence-electron chi connectivity index (χ1n) is 9.64. The van der Waals surface area contributed by atoms with Gasteiger partial charge in [0.05, 0.1) is 17.6 Å². The Hall–Kier alpha value is -3.43. The summed E-state index contributed by atoms with van der Waals surface area (Å²) in [5.41, 5.74) is 8.40. The third-order valence-electron chi connectivity index (χ3n) is 5.07. The number of nitriles is 1. The zero-order valence-electron chi connectivity index (χ0n) is 16.2. The number of carbonyl (C=O) groups is 2. The molecule has 2 amide bonds. The molecule has 1 aliphatic heterocycles. The van der Waals surface area contributed by atoms with Crippen LogP contribution in [0.2, 0.25) is 0 Å². The van der Waals surface area contributed by atoms with E-state index in [2.05, 4.69) is 16.3 Å². The molecule has 1 atom stereocenters. The number of nitrogens with zero attached hydrogens (tertiary/aromatic N) is 2. The third-order valence-corrected chi connectivity index (χ3v) is 5.07. The van der Waals surface area contributed by atoms with Gasteiger partial charge in [0.2, 0.25) is 11.8 Å². The van der Waals surface area contributed by atoms with Crippen LogP contribution in [0.15, 0.2) is 54.6 Å². The van der Waals surface area contributed by atoms with Crippen LogP contribution in [-0.4, -0.2) is 29.8 Å². The van der Waals surface area contributed by atoms with E-state index >= 15 is 0 Å². The fraction of sp³-hybridized carbons (Fsp3) is 0.261. The molecule has 0 radical (unpaired) electrons. The van der Waals surface area contributed by atoms with Crippen LogP contribution in [0, 0.1) is 17.2 Å². The highest BCUT2D eigenvalue weighted by atomic mass is 16.1. The number of hydrogen-bond donors (Lipinski definition) is 2.